The first-order valence-corrected chi connectivity index (χ1v) is 47.2. The molecule has 8 atom stereocenters. The van der Waals surface area contributed by atoms with E-state index in [9.17, 15) is 66.8 Å². The molecule has 3 saturated heterocycles. The normalized spacial score (nSPS) is 16.5. The second-order valence-corrected chi connectivity index (χ2v) is 39.4. The van der Waals surface area contributed by atoms with Crippen LogP contribution in [0.2, 0.25) is 0 Å². The zero-order valence-corrected chi connectivity index (χ0v) is 82.3. The monoisotopic (exact) mass is 1940 g/mol. The Bertz CT molecular complexity index is 6320. The number of alkyl halides is 3. The molecule has 9 N–H and O–H groups in total. The Morgan fingerprint density at radius 1 is 0.540 bits per heavy atom. The number of likely N-dealkylation sites (N-methyl/N-ethyl adjacent to an activating group) is 1. The largest absolute Gasteiger partial charge is 0.433 e. The minimum atomic E-state index is -4.64. The number of hydrogen-bond acceptors (Lipinski definition) is 24. The molecule has 139 heavy (non-hydrogen) atoms. The summed E-state index contributed by atoms with van der Waals surface area (Å²) in [6, 6.07) is 41.1. The fourth-order valence-corrected chi connectivity index (χ4v) is 18.2. The van der Waals surface area contributed by atoms with E-state index in [2.05, 4.69) is 129 Å². The number of likely N-dealkylation sites (tertiary alicyclic amines) is 2. The molecule has 0 bridgehead atoms. The zero-order chi connectivity index (χ0) is 100. The maximum absolute atomic E-state index is 13.3. The van der Waals surface area contributed by atoms with Gasteiger partial charge in [0.1, 0.15) is 46.2 Å². The predicted octanol–water partition coefficient (Wildman–Crippen LogP) is 14.3. The van der Waals surface area contributed by atoms with Gasteiger partial charge in [-0.05, 0) is 188 Å². The van der Waals surface area contributed by atoms with Crippen molar-refractivity contribution in [3.63, 3.8) is 0 Å². The lowest BCUT2D eigenvalue weighted by Crippen LogP contribution is -2.57. The number of aryl methyl sites for hydroxylation is 2. The maximum Gasteiger partial charge on any atom is 0.433 e. The van der Waals surface area contributed by atoms with Gasteiger partial charge in [0, 0.05) is 125 Å². The smallest absolute Gasteiger partial charge is 0.391 e. The van der Waals surface area contributed by atoms with E-state index in [0.717, 1.165) is 77.2 Å². The minimum absolute atomic E-state index is 0. The molecule has 8 aromatic heterocycles. The van der Waals surface area contributed by atoms with Crippen LogP contribution in [-0.2, 0) is 53.6 Å². The second-order valence-electron chi connectivity index (χ2n) is 37.5. The van der Waals surface area contributed by atoms with E-state index in [1.165, 1.54) is 89.2 Å². The Balaban J connectivity index is 0.000000177. The van der Waals surface area contributed by atoms with Gasteiger partial charge in [0.05, 0.1) is 43.1 Å². The number of allylic oxidation sites excluding steroid dienone is 2. The third-order valence-corrected chi connectivity index (χ3v) is 26.0. The number of β-amino-alcohol motifs (C(OH)–C–C–N with tert-alkyl or cyclic N) is 2. The summed E-state index contributed by atoms with van der Waals surface area (Å²) in [5.41, 5.74) is 7.38. The molecule has 37 heteroatoms. The van der Waals surface area contributed by atoms with E-state index in [4.69, 9.17) is 0 Å². The van der Waals surface area contributed by atoms with E-state index in [-0.39, 0.29) is 122 Å². The molecule has 32 nitrogen and oxygen atoms in total. The number of halogens is 3. The molecule has 0 unspecified atom stereocenters. The zero-order valence-electron chi connectivity index (χ0n) is 80.7. The maximum atomic E-state index is 13.3. The number of carbonyl (C=O) groups excluding carboxylic acids is 6. The van der Waals surface area contributed by atoms with E-state index in [1.54, 1.807) is 65.5 Å². The van der Waals surface area contributed by atoms with E-state index < -0.39 is 70.2 Å². The lowest BCUT2D eigenvalue weighted by Gasteiger charge is -2.35. The van der Waals surface area contributed by atoms with Crippen molar-refractivity contribution in [2.45, 2.75) is 191 Å². The van der Waals surface area contributed by atoms with Gasteiger partial charge in [0.15, 0.2) is 22.9 Å². The Hall–Kier alpha value is -13.6. The van der Waals surface area contributed by atoms with Crippen molar-refractivity contribution in [1.82, 2.24) is 84.6 Å². The Morgan fingerprint density at radius 3 is 1.28 bits per heavy atom. The highest BCUT2D eigenvalue weighted by Crippen LogP contribution is 2.36. The number of nitrogens with one attached hydrogen (secondary N) is 6. The SMILES string of the molecule is C.C=CCn1c(=O)c2cnc(Nc3ccc(N(C)C)cc3)nc2n1-c1cccc(C(C)(C)O)n1.C=CCn1c(=O)c2cnc(Nc3ccc(N4CCN(C)CC4)cc3)nc2n1-c1cccc(C(F)(F)F)n1.CC(=O)N[C@@H](C(=O)N1C[C@@H](O)C[C@@H]1C(=O)N[C@H](C)c1ccc(-c2sccc2C)cc1)C(C)(C)C.CC(=O)N[C@@H](C(=O)N1C[C@@H](O)C[C@@H]1C(=O)N[C@H](C)c1ccc(-c2sccc2C)cc1)C(C)(C)C. The second kappa shape index (κ2) is 44.9. The van der Waals surface area contributed by atoms with Gasteiger partial charge in [-0.15, -0.1) is 35.8 Å². The molecule has 12 aromatic rings. The number of nitrogens with zero attached hydrogens (tertiary/aromatic N) is 15. The molecule has 0 aliphatic carbocycles. The standard InChI is InChI=1S/2C26H35N3O4S.C25H25F3N8O.C24H27N7O2.CH4/c2*1-15-11-12-34-22(15)19-9-7-18(8-10-19)16(2)27-24(32)21-13-20(31)14-29(21)25(33)23(26(4,5)6)28-17(3)30;1-3-11-35-23(37)19-16-29-24(30-17-7-9-18(10-8-17)34-14-12-33(2)13-15-34)32-22(19)36(35)21-6-4-5-20(31-21)25(26,27)28;1-6-14-30-22(32)18-15-25-23(26-16-10-12-17(13-11-16)29(4)5)28-21(18)31(30)20-9-7-8-19(27-20)24(2,3)33;/h2*7-12,16,20-21,23,31H,13-14H2,1-6H3,(H,27,32)(H,28,30);3-10,16H,1,11-15H2,2H3,(H,29,30,32);6-13,15,33H,1,14H2,2-5H3,(H,25,26,28);1H4/t2*16-,20+,21-,23+;;;/m11.../s1. The number of hydrogen-bond donors (Lipinski definition) is 9. The molecule has 738 valence electrons. The van der Waals surface area contributed by atoms with Crippen LogP contribution in [0, 0.1) is 24.7 Å². The van der Waals surface area contributed by atoms with Crippen molar-refractivity contribution in [3.8, 4) is 32.5 Å². The highest BCUT2D eigenvalue weighted by molar-refractivity contribution is 7.14. The summed E-state index contributed by atoms with van der Waals surface area (Å²) in [5, 5.41) is 53.3. The Labute approximate surface area is 815 Å². The average Bonchev–Trinajstić information content (AvgIpc) is 1.61. The van der Waals surface area contributed by atoms with Gasteiger partial charge in [-0.1, -0.05) is 122 Å². The van der Waals surface area contributed by atoms with Crippen LogP contribution in [0.4, 0.5) is 47.8 Å². The first kappa shape index (κ1) is 106. The summed E-state index contributed by atoms with van der Waals surface area (Å²) in [7, 11) is 6.07. The molecule has 3 fully saturated rings. The number of aliphatic hydroxyl groups excluding tert-OH is 2. The summed E-state index contributed by atoms with van der Waals surface area (Å²) in [6.45, 7) is 36.9. The Morgan fingerprint density at radius 2 is 0.928 bits per heavy atom. The number of pyridine rings is 2. The van der Waals surface area contributed by atoms with Gasteiger partial charge in [0.2, 0.25) is 47.3 Å². The third kappa shape index (κ3) is 25.9. The van der Waals surface area contributed by atoms with Crippen LogP contribution in [0.15, 0.2) is 204 Å². The predicted molar refractivity (Wildman–Crippen MR) is 541 cm³/mol. The van der Waals surface area contributed by atoms with Gasteiger partial charge in [-0.3, -0.25) is 38.4 Å². The van der Waals surface area contributed by atoms with Crippen LogP contribution in [0.1, 0.15) is 149 Å². The number of anilines is 6. The topological polar surface area (TPSA) is 383 Å². The van der Waals surface area contributed by atoms with Crippen LogP contribution in [-0.4, -0.2) is 211 Å². The number of carbonyl (C=O) groups is 6. The van der Waals surface area contributed by atoms with Crippen molar-refractivity contribution in [3.05, 3.63) is 248 Å². The molecule has 4 aromatic carbocycles. The average molecular weight is 1940 g/mol. The van der Waals surface area contributed by atoms with Gasteiger partial charge in [0.25, 0.3) is 11.1 Å². The summed E-state index contributed by atoms with van der Waals surface area (Å²) >= 11 is 3.40. The number of amides is 6. The van der Waals surface area contributed by atoms with Crippen LogP contribution >= 0.6 is 22.7 Å². The number of rotatable bonds is 25. The van der Waals surface area contributed by atoms with Gasteiger partial charge < -0.3 is 71.7 Å². The van der Waals surface area contributed by atoms with Crippen LogP contribution in [0.5, 0.6) is 0 Å². The van der Waals surface area contributed by atoms with Crippen molar-refractivity contribution in [2.75, 3.05) is 80.8 Å². The molecular formula is C102H126F3N21O11S2. The van der Waals surface area contributed by atoms with E-state index in [1.807, 2.05) is 171 Å². The van der Waals surface area contributed by atoms with Gasteiger partial charge >= 0.3 is 6.18 Å². The molecule has 0 saturated carbocycles. The molecular weight excluding hydrogens is 1820 g/mol. The third-order valence-electron chi connectivity index (χ3n) is 23.8. The summed E-state index contributed by atoms with van der Waals surface area (Å²) < 4.78 is 45.6. The summed E-state index contributed by atoms with van der Waals surface area (Å²) in [5.74, 6) is -1.07. The molecule has 15 rings (SSSR count). The first-order chi connectivity index (χ1) is 65.2. The number of benzene rings is 4. The number of piperazine rings is 1. The van der Waals surface area contributed by atoms with E-state index >= 15 is 0 Å². The highest BCUT2D eigenvalue weighted by atomic mass is 32.1. The van der Waals surface area contributed by atoms with Crippen molar-refractivity contribution in [1.29, 1.82) is 0 Å². The quantitative estimate of drug-likeness (QED) is 0.0240. The molecule has 11 heterocycles. The van der Waals surface area contributed by atoms with Crippen LogP contribution in [0.25, 0.3) is 54.6 Å². The van der Waals surface area contributed by atoms with Gasteiger partial charge in [-0.25, -0.2) is 38.7 Å². The highest BCUT2D eigenvalue weighted by Gasteiger charge is 2.47. The molecule has 3 aliphatic rings. The van der Waals surface area contributed by atoms with Gasteiger partial charge in [-0.2, -0.15) is 23.1 Å². The number of thiophene rings is 2. The molecule has 0 radical (unpaired) electrons. The fraction of sp³-hybridized carbons (Fsp3) is 0.392. The summed E-state index contributed by atoms with van der Waals surface area (Å²) in [6.07, 6.45) is 0.0827. The Kier molecular flexibility index (Phi) is 34.2. The number of aromatic nitrogens is 10. The van der Waals surface area contributed by atoms with Crippen LogP contribution in [0.3, 0.4) is 0 Å². The molecule has 6 amide bonds. The first-order valence-electron chi connectivity index (χ1n) is 45.4. The molecule has 3 aliphatic heterocycles. The number of fused-ring (bicyclic) bond motifs is 2. The lowest BCUT2D eigenvalue weighted by molar-refractivity contribution is -0.144. The lowest BCUT2D eigenvalue weighted by atomic mass is 9.85. The fourth-order valence-electron chi connectivity index (χ4n) is 16.3. The minimum Gasteiger partial charge on any atom is -0.391 e. The van der Waals surface area contributed by atoms with Crippen molar-refractivity contribution >= 4 is 115 Å². The summed E-state index contributed by atoms with van der Waals surface area (Å²) in [4.78, 5) is 140. The van der Waals surface area contributed by atoms with E-state index in [0.29, 0.717) is 28.5 Å². The number of aliphatic hydroxyl groups is 3. The van der Waals surface area contributed by atoms with Crippen LogP contribution < -0.4 is 52.8 Å². The van der Waals surface area contributed by atoms with Crippen molar-refractivity contribution in [2.24, 2.45) is 10.8 Å². The van der Waals surface area contributed by atoms with Crippen molar-refractivity contribution < 1.29 is 57.3 Å². The molecule has 0 spiro atoms.